The first kappa shape index (κ1) is 16.4. The first-order valence-electron chi connectivity index (χ1n) is 5.33. The summed E-state index contributed by atoms with van der Waals surface area (Å²) in [6.07, 6.45) is 2.18. The number of halogens is 1. The standard InChI is InChI=1S/C11H13ClN2O5S/c1-7(12)3-10(11(15)16)14-20(17,18)9-4-8(19-2)5-13-6-9/h4-6,10,14H,1,3H2,2H3,(H,15,16). The quantitative estimate of drug-likeness (QED) is 0.775. The minimum atomic E-state index is -4.06. The van der Waals surface area contributed by atoms with Gasteiger partial charge >= 0.3 is 5.97 Å². The number of carboxylic acids is 1. The highest BCUT2D eigenvalue weighted by Crippen LogP contribution is 2.17. The molecule has 7 nitrogen and oxygen atoms in total. The van der Waals surface area contributed by atoms with E-state index in [1.807, 2.05) is 4.72 Å². The molecule has 110 valence electrons. The lowest BCUT2D eigenvalue weighted by molar-refractivity contribution is -0.138. The molecule has 0 aliphatic rings. The second-order valence-corrected chi connectivity index (χ2v) is 6.04. The Morgan fingerprint density at radius 1 is 1.60 bits per heavy atom. The van der Waals surface area contributed by atoms with Crippen molar-refractivity contribution in [1.82, 2.24) is 9.71 Å². The smallest absolute Gasteiger partial charge is 0.322 e. The molecule has 1 unspecified atom stereocenters. The summed E-state index contributed by atoms with van der Waals surface area (Å²) in [6, 6.07) is -0.180. The molecule has 0 fully saturated rings. The number of hydrogen-bond donors (Lipinski definition) is 2. The molecule has 1 heterocycles. The van der Waals surface area contributed by atoms with Crippen LogP contribution in [0.25, 0.3) is 0 Å². The van der Waals surface area contributed by atoms with Crippen molar-refractivity contribution in [3.63, 3.8) is 0 Å². The second kappa shape index (κ2) is 6.69. The van der Waals surface area contributed by atoms with Crippen LogP contribution in [0.4, 0.5) is 0 Å². The molecule has 0 aliphatic carbocycles. The summed E-state index contributed by atoms with van der Waals surface area (Å²) in [6.45, 7) is 3.34. The van der Waals surface area contributed by atoms with Crippen LogP contribution in [0.15, 0.2) is 35.0 Å². The number of nitrogens with one attached hydrogen (secondary N) is 1. The molecule has 0 radical (unpaired) electrons. The molecular weight excluding hydrogens is 308 g/mol. The van der Waals surface area contributed by atoms with E-state index in [9.17, 15) is 13.2 Å². The van der Waals surface area contributed by atoms with Gasteiger partial charge in [0.1, 0.15) is 16.7 Å². The van der Waals surface area contributed by atoms with Crippen LogP contribution in [0.2, 0.25) is 0 Å². The average molecular weight is 321 g/mol. The Kier molecular flexibility index (Phi) is 5.49. The summed E-state index contributed by atoms with van der Waals surface area (Å²) in [7, 11) is -2.70. The van der Waals surface area contributed by atoms with Gasteiger partial charge in [-0.3, -0.25) is 9.78 Å². The van der Waals surface area contributed by atoms with Crippen molar-refractivity contribution < 1.29 is 23.1 Å². The van der Waals surface area contributed by atoms with Crippen LogP contribution in [0.1, 0.15) is 6.42 Å². The molecule has 2 N–H and O–H groups in total. The lowest BCUT2D eigenvalue weighted by Gasteiger charge is -2.14. The SMILES string of the molecule is C=C(Cl)CC(NS(=O)(=O)c1cncc(OC)c1)C(=O)O. The number of ether oxygens (including phenoxy) is 1. The number of methoxy groups -OCH3 is 1. The van der Waals surface area contributed by atoms with Crippen molar-refractivity contribution in [2.75, 3.05) is 7.11 Å². The van der Waals surface area contributed by atoms with Crippen LogP contribution in [-0.2, 0) is 14.8 Å². The molecule has 0 saturated carbocycles. The normalized spacial score (nSPS) is 12.7. The molecule has 20 heavy (non-hydrogen) atoms. The number of hydrogen-bond acceptors (Lipinski definition) is 5. The van der Waals surface area contributed by atoms with Gasteiger partial charge in [-0.25, -0.2) is 8.42 Å². The number of aromatic nitrogens is 1. The molecule has 1 rings (SSSR count). The number of carbonyl (C=O) groups is 1. The minimum absolute atomic E-state index is 0.0314. The van der Waals surface area contributed by atoms with Gasteiger partial charge in [-0.05, 0) is 0 Å². The topological polar surface area (TPSA) is 106 Å². The van der Waals surface area contributed by atoms with Gasteiger partial charge in [-0.2, -0.15) is 4.72 Å². The number of sulfonamides is 1. The molecule has 9 heteroatoms. The zero-order valence-corrected chi connectivity index (χ0v) is 12.1. The second-order valence-electron chi connectivity index (χ2n) is 3.79. The third kappa shape index (κ3) is 4.48. The largest absolute Gasteiger partial charge is 0.495 e. The molecule has 0 bridgehead atoms. The number of nitrogens with zero attached hydrogens (tertiary/aromatic N) is 1. The van der Waals surface area contributed by atoms with Crippen molar-refractivity contribution in [2.24, 2.45) is 0 Å². The predicted octanol–water partition coefficient (Wildman–Crippen LogP) is 0.964. The van der Waals surface area contributed by atoms with Gasteiger partial charge in [0.05, 0.1) is 13.3 Å². The summed E-state index contributed by atoms with van der Waals surface area (Å²) < 4.78 is 31.0. The molecule has 0 aliphatic heterocycles. The Balaban J connectivity index is 3.02. The van der Waals surface area contributed by atoms with Gasteiger partial charge in [0.15, 0.2) is 0 Å². The molecule has 1 atom stereocenters. The van der Waals surface area contributed by atoms with E-state index in [2.05, 4.69) is 11.6 Å². The van der Waals surface area contributed by atoms with E-state index in [0.717, 1.165) is 6.20 Å². The zero-order valence-electron chi connectivity index (χ0n) is 10.5. The van der Waals surface area contributed by atoms with E-state index in [1.165, 1.54) is 19.4 Å². The highest BCUT2D eigenvalue weighted by Gasteiger charge is 2.26. The van der Waals surface area contributed by atoms with E-state index in [-0.39, 0.29) is 22.1 Å². The minimum Gasteiger partial charge on any atom is -0.495 e. The number of carboxylic acid groups (broad SMARTS) is 1. The average Bonchev–Trinajstić information content (AvgIpc) is 2.37. The van der Waals surface area contributed by atoms with Crippen molar-refractivity contribution in [1.29, 1.82) is 0 Å². The molecule has 0 saturated heterocycles. The fourth-order valence-corrected chi connectivity index (χ4v) is 2.63. The van der Waals surface area contributed by atoms with Gasteiger partial charge < -0.3 is 9.84 Å². The Bertz CT molecular complexity index is 617. The summed E-state index contributed by atoms with van der Waals surface area (Å²) in [5, 5.41) is 9.00. The summed E-state index contributed by atoms with van der Waals surface area (Å²) in [5.41, 5.74) is 0. The third-order valence-electron chi connectivity index (χ3n) is 2.26. The Hall–Kier alpha value is -1.64. The molecule has 0 aromatic carbocycles. The molecule has 1 aromatic rings. The highest BCUT2D eigenvalue weighted by atomic mass is 35.5. The Labute approximate surface area is 121 Å². The van der Waals surface area contributed by atoms with Crippen molar-refractivity contribution in [3.8, 4) is 5.75 Å². The van der Waals surface area contributed by atoms with Gasteiger partial charge in [0.25, 0.3) is 0 Å². The fraction of sp³-hybridized carbons (Fsp3) is 0.273. The lowest BCUT2D eigenvalue weighted by atomic mass is 10.2. The third-order valence-corrected chi connectivity index (χ3v) is 3.85. The maximum Gasteiger partial charge on any atom is 0.322 e. The number of rotatable bonds is 7. The predicted molar refractivity (Wildman–Crippen MR) is 72.1 cm³/mol. The fourth-order valence-electron chi connectivity index (χ4n) is 1.31. The van der Waals surface area contributed by atoms with Crippen LogP contribution in [0, 0.1) is 0 Å². The van der Waals surface area contributed by atoms with Crippen LogP contribution < -0.4 is 9.46 Å². The van der Waals surface area contributed by atoms with E-state index in [0.29, 0.717) is 0 Å². The van der Waals surface area contributed by atoms with Gasteiger partial charge in [-0.1, -0.05) is 18.2 Å². The van der Waals surface area contributed by atoms with Crippen LogP contribution in [-0.4, -0.2) is 37.6 Å². The Morgan fingerprint density at radius 2 is 2.25 bits per heavy atom. The van der Waals surface area contributed by atoms with Crippen molar-refractivity contribution in [3.05, 3.63) is 30.1 Å². The first-order valence-corrected chi connectivity index (χ1v) is 7.20. The van der Waals surface area contributed by atoms with Crippen molar-refractivity contribution in [2.45, 2.75) is 17.4 Å². The summed E-state index contributed by atoms with van der Waals surface area (Å²) >= 11 is 5.51. The number of pyridine rings is 1. The van der Waals surface area contributed by atoms with E-state index in [1.54, 1.807) is 0 Å². The van der Waals surface area contributed by atoms with Crippen LogP contribution >= 0.6 is 11.6 Å². The van der Waals surface area contributed by atoms with Gasteiger partial charge in [-0.15, -0.1) is 0 Å². The van der Waals surface area contributed by atoms with Gasteiger partial charge in [0, 0.05) is 23.7 Å². The summed E-state index contributed by atoms with van der Waals surface area (Å²) in [4.78, 5) is 14.5. The zero-order chi connectivity index (χ0) is 15.3. The molecule has 1 aromatic heterocycles. The molecule has 0 spiro atoms. The maximum atomic E-state index is 12.1. The maximum absolute atomic E-state index is 12.1. The van der Waals surface area contributed by atoms with E-state index in [4.69, 9.17) is 21.4 Å². The van der Waals surface area contributed by atoms with Crippen molar-refractivity contribution >= 4 is 27.6 Å². The molecular formula is C11H13ClN2O5S. The number of aliphatic carboxylic acids is 1. The highest BCUT2D eigenvalue weighted by molar-refractivity contribution is 7.89. The van der Waals surface area contributed by atoms with Gasteiger partial charge in [0.2, 0.25) is 10.0 Å². The van der Waals surface area contributed by atoms with E-state index < -0.39 is 22.0 Å². The Morgan fingerprint density at radius 3 is 2.75 bits per heavy atom. The van der Waals surface area contributed by atoms with Crippen LogP contribution in [0.5, 0.6) is 5.75 Å². The first-order chi connectivity index (χ1) is 9.26. The monoisotopic (exact) mass is 320 g/mol. The lowest BCUT2D eigenvalue weighted by Crippen LogP contribution is -2.40. The van der Waals surface area contributed by atoms with Crippen LogP contribution in [0.3, 0.4) is 0 Å². The molecule has 0 amide bonds. The summed E-state index contributed by atoms with van der Waals surface area (Å²) in [5.74, 6) is -1.12. The van der Waals surface area contributed by atoms with E-state index >= 15 is 0 Å².